The molecule has 3 spiro atoms. The maximum atomic E-state index is 6.46. The summed E-state index contributed by atoms with van der Waals surface area (Å²) in [6, 6.07) is 1.23. The predicted octanol–water partition coefficient (Wildman–Crippen LogP) is 2.19. The van der Waals surface area contributed by atoms with Gasteiger partial charge >= 0.3 is 0 Å². The van der Waals surface area contributed by atoms with Crippen molar-refractivity contribution < 1.29 is 4.74 Å². The van der Waals surface area contributed by atoms with Gasteiger partial charge in [0.1, 0.15) is 6.23 Å². The Morgan fingerprint density at radius 2 is 1.83 bits per heavy atom. The fourth-order valence-electron chi connectivity index (χ4n) is 5.77. The van der Waals surface area contributed by atoms with E-state index >= 15 is 0 Å². The zero-order valence-electron chi connectivity index (χ0n) is 14.8. The summed E-state index contributed by atoms with van der Waals surface area (Å²) in [6.07, 6.45) is 16.2. The quantitative estimate of drug-likeness (QED) is 0.674. The maximum absolute atomic E-state index is 6.46. The van der Waals surface area contributed by atoms with Gasteiger partial charge in [0.05, 0.1) is 5.60 Å². The van der Waals surface area contributed by atoms with Gasteiger partial charge in [0.25, 0.3) is 0 Å². The molecule has 2 saturated heterocycles. The van der Waals surface area contributed by atoms with Crippen LogP contribution in [0.15, 0.2) is 0 Å². The van der Waals surface area contributed by atoms with Crippen molar-refractivity contribution in [2.24, 2.45) is 5.41 Å². The second-order valence-corrected chi connectivity index (χ2v) is 9.81. The van der Waals surface area contributed by atoms with Gasteiger partial charge in [-0.05, 0) is 89.0 Å². The lowest BCUT2D eigenvalue weighted by molar-refractivity contribution is -0.122. The Balaban J connectivity index is 1.13. The molecule has 0 aromatic rings. The second-order valence-electron chi connectivity index (χ2n) is 9.81. The van der Waals surface area contributed by atoms with Crippen molar-refractivity contribution >= 4 is 0 Å². The van der Waals surface area contributed by atoms with Crippen molar-refractivity contribution in [2.75, 3.05) is 6.54 Å². The van der Waals surface area contributed by atoms with E-state index in [-0.39, 0.29) is 11.8 Å². The predicted molar refractivity (Wildman–Crippen MR) is 91.9 cm³/mol. The van der Waals surface area contributed by atoms with Crippen molar-refractivity contribution in [3.05, 3.63) is 0 Å². The zero-order chi connectivity index (χ0) is 15.8. The van der Waals surface area contributed by atoms with Gasteiger partial charge in [0, 0.05) is 17.6 Å². The molecular formula is C19H32N4O. The van der Waals surface area contributed by atoms with Crippen LogP contribution in [0.4, 0.5) is 0 Å². The molecule has 6 fully saturated rings. The van der Waals surface area contributed by atoms with Gasteiger partial charge in [-0.25, -0.2) is 10.9 Å². The molecule has 0 aromatic carbocycles. The topological polar surface area (TPSA) is 48.6 Å². The van der Waals surface area contributed by atoms with E-state index in [1.807, 2.05) is 0 Å². The molecule has 134 valence electrons. The number of nitrogens with zero attached hydrogens (tertiary/aromatic N) is 1. The summed E-state index contributed by atoms with van der Waals surface area (Å²) in [4.78, 5) is 0. The van der Waals surface area contributed by atoms with E-state index in [0.29, 0.717) is 17.6 Å². The van der Waals surface area contributed by atoms with Crippen LogP contribution in [0.25, 0.3) is 0 Å². The minimum Gasteiger partial charge on any atom is -0.354 e. The summed E-state index contributed by atoms with van der Waals surface area (Å²) in [5.41, 5.74) is 9.08. The van der Waals surface area contributed by atoms with Crippen LogP contribution in [0.3, 0.4) is 0 Å². The number of hydrogen-bond donors (Lipinski definition) is 3. The van der Waals surface area contributed by atoms with E-state index < -0.39 is 0 Å². The van der Waals surface area contributed by atoms with Gasteiger partial charge in [-0.1, -0.05) is 0 Å². The molecule has 5 nitrogen and oxygen atoms in total. The highest BCUT2D eigenvalue weighted by molar-refractivity contribution is 5.17. The molecule has 2 aliphatic heterocycles. The van der Waals surface area contributed by atoms with Gasteiger partial charge in [0.15, 0.2) is 0 Å². The molecule has 0 aromatic heterocycles. The molecule has 6 aliphatic rings. The highest BCUT2D eigenvalue weighted by Crippen LogP contribution is 2.58. The number of hydrazine groups is 2. The van der Waals surface area contributed by atoms with E-state index in [9.17, 15) is 0 Å². The molecule has 2 heterocycles. The fraction of sp³-hybridized carbons (Fsp3) is 1.00. The van der Waals surface area contributed by atoms with Gasteiger partial charge in [0.2, 0.25) is 0 Å². The van der Waals surface area contributed by atoms with Crippen LogP contribution < -0.4 is 16.2 Å². The summed E-state index contributed by atoms with van der Waals surface area (Å²) >= 11 is 0. The van der Waals surface area contributed by atoms with Gasteiger partial charge < -0.3 is 10.1 Å². The maximum Gasteiger partial charge on any atom is 0.138 e. The van der Waals surface area contributed by atoms with E-state index in [1.54, 1.807) is 0 Å². The average Bonchev–Trinajstić information content (AvgIpc) is 3.44. The zero-order valence-corrected chi connectivity index (χ0v) is 14.8. The molecule has 6 rings (SSSR count). The summed E-state index contributed by atoms with van der Waals surface area (Å²) in [6.45, 7) is 1.19. The van der Waals surface area contributed by atoms with Gasteiger partial charge in [-0.3, -0.25) is 0 Å². The minimum atomic E-state index is 0.224. The van der Waals surface area contributed by atoms with Crippen LogP contribution in [0.1, 0.15) is 77.0 Å². The Bertz CT molecular complexity index is 517. The Morgan fingerprint density at radius 3 is 2.50 bits per heavy atom. The van der Waals surface area contributed by atoms with E-state index in [1.165, 1.54) is 83.6 Å². The molecule has 5 heteroatoms. The van der Waals surface area contributed by atoms with Crippen molar-refractivity contribution in [3.8, 4) is 0 Å². The molecule has 0 amide bonds. The molecule has 3 N–H and O–H groups in total. The molecule has 0 radical (unpaired) electrons. The lowest BCUT2D eigenvalue weighted by atomic mass is 10.1. The lowest BCUT2D eigenvalue weighted by Crippen LogP contribution is -2.59. The summed E-state index contributed by atoms with van der Waals surface area (Å²) in [5, 5.41) is 6.06. The van der Waals surface area contributed by atoms with E-state index in [4.69, 9.17) is 4.74 Å². The van der Waals surface area contributed by atoms with Crippen molar-refractivity contribution in [1.29, 1.82) is 0 Å². The van der Waals surface area contributed by atoms with Crippen LogP contribution in [-0.4, -0.2) is 41.1 Å². The second kappa shape index (κ2) is 4.95. The molecule has 4 unspecified atom stereocenters. The molecule has 4 aliphatic carbocycles. The first-order chi connectivity index (χ1) is 11.7. The first-order valence-corrected chi connectivity index (χ1v) is 10.4. The number of rotatable bonds is 5. The van der Waals surface area contributed by atoms with Crippen LogP contribution in [-0.2, 0) is 4.74 Å². The Labute approximate surface area is 145 Å². The molecular weight excluding hydrogens is 300 g/mol. The molecule has 4 atom stereocenters. The third kappa shape index (κ3) is 2.47. The fourth-order valence-corrected chi connectivity index (χ4v) is 5.77. The molecule has 0 bridgehead atoms. The van der Waals surface area contributed by atoms with Crippen LogP contribution in [0.5, 0.6) is 0 Å². The highest BCUT2D eigenvalue weighted by Gasteiger charge is 2.58. The molecule has 24 heavy (non-hydrogen) atoms. The average molecular weight is 332 g/mol. The van der Waals surface area contributed by atoms with Crippen molar-refractivity contribution in [3.63, 3.8) is 0 Å². The summed E-state index contributed by atoms with van der Waals surface area (Å²) in [7, 11) is 0. The van der Waals surface area contributed by atoms with Crippen molar-refractivity contribution in [1.82, 2.24) is 21.3 Å². The van der Waals surface area contributed by atoms with Gasteiger partial charge in [-0.15, -0.1) is 0 Å². The largest absolute Gasteiger partial charge is 0.354 e. The number of ether oxygens (including phenoxy) is 1. The first kappa shape index (κ1) is 14.9. The lowest BCUT2D eigenvalue weighted by Gasteiger charge is -2.33. The van der Waals surface area contributed by atoms with Crippen LogP contribution in [0, 0.1) is 5.41 Å². The summed E-state index contributed by atoms with van der Waals surface area (Å²) in [5.74, 6) is 0. The van der Waals surface area contributed by atoms with E-state index in [0.717, 1.165) is 5.41 Å². The number of nitrogens with one attached hydrogen (secondary N) is 3. The molecule has 4 saturated carbocycles. The Kier molecular flexibility index (Phi) is 3.07. The van der Waals surface area contributed by atoms with Crippen LogP contribution in [0.2, 0.25) is 0 Å². The smallest absolute Gasteiger partial charge is 0.138 e. The number of hydrogen-bond acceptors (Lipinski definition) is 5. The first-order valence-electron chi connectivity index (χ1n) is 10.4. The van der Waals surface area contributed by atoms with Crippen LogP contribution >= 0.6 is 0 Å². The SMILES string of the molecule is C1CNC2(C1)CC2NN(NC1CCC2(CC2)C1)C1CCC2(CC2)O1. The standard InChI is InChI=1S/C19H32N4O/c1-4-19(20-11-1)13-15(19)22-23(16-3-6-18(24-16)9-10-18)21-14-2-5-17(12-14)7-8-17/h14-16,20-22H,1-13H2. The highest BCUT2D eigenvalue weighted by atomic mass is 16.5. The Morgan fingerprint density at radius 1 is 0.917 bits per heavy atom. The summed E-state index contributed by atoms with van der Waals surface area (Å²) < 4.78 is 6.46. The van der Waals surface area contributed by atoms with E-state index in [2.05, 4.69) is 21.3 Å². The third-order valence-corrected chi connectivity index (χ3v) is 7.96. The third-order valence-electron chi connectivity index (χ3n) is 7.96. The van der Waals surface area contributed by atoms with Crippen molar-refractivity contribution in [2.45, 2.75) is 107 Å². The Hall–Kier alpha value is -0.200. The minimum absolute atomic E-state index is 0.224. The van der Waals surface area contributed by atoms with Gasteiger partial charge in [-0.2, -0.15) is 5.12 Å². The normalized spacial score (nSPS) is 46.6. The monoisotopic (exact) mass is 332 g/mol.